The molecule has 0 saturated carbocycles. The third-order valence-corrected chi connectivity index (χ3v) is 3.73. The first kappa shape index (κ1) is 13.5. The van der Waals surface area contributed by atoms with E-state index in [1.54, 1.807) is 25.1 Å². The minimum absolute atomic E-state index is 0.862. The van der Waals surface area contributed by atoms with Gasteiger partial charge < -0.3 is 10.6 Å². The fourth-order valence-electron chi connectivity index (χ4n) is 1.72. The van der Waals surface area contributed by atoms with Gasteiger partial charge in [0.2, 0.25) is 0 Å². The summed E-state index contributed by atoms with van der Waals surface area (Å²) >= 11 is 1.78. The Morgan fingerprint density at radius 3 is 2.68 bits per heavy atom. The second-order valence-electron chi connectivity index (χ2n) is 3.95. The Kier molecular flexibility index (Phi) is 4.86. The van der Waals surface area contributed by atoms with Crippen LogP contribution >= 0.6 is 11.8 Å². The van der Waals surface area contributed by atoms with Crippen LogP contribution in [0.3, 0.4) is 0 Å². The Bertz CT molecular complexity index is 555. The van der Waals surface area contributed by atoms with Crippen molar-refractivity contribution in [3.8, 4) is 5.75 Å². The quantitative estimate of drug-likeness (QED) is 0.393. The van der Waals surface area contributed by atoms with Crippen LogP contribution in [0.4, 0.5) is 0 Å². The molecule has 19 heavy (non-hydrogen) atoms. The lowest BCUT2D eigenvalue weighted by atomic mass is 10.1. The van der Waals surface area contributed by atoms with E-state index in [1.807, 2.05) is 36.4 Å². The van der Waals surface area contributed by atoms with Gasteiger partial charge in [0.25, 0.3) is 0 Å². The molecule has 2 aromatic carbocycles. The maximum atomic E-state index is 5.40. The number of benzene rings is 2. The van der Waals surface area contributed by atoms with Crippen molar-refractivity contribution in [1.82, 2.24) is 0 Å². The van der Waals surface area contributed by atoms with Crippen molar-refractivity contribution in [2.24, 2.45) is 10.9 Å². The van der Waals surface area contributed by atoms with E-state index in [0.29, 0.717) is 0 Å². The van der Waals surface area contributed by atoms with Gasteiger partial charge in [-0.25, -0.2) is 0 Å². The number of thioether (sulfide) groups is 1. The molecule has 0 unspecified atom stereocenters. The number of nitrogens with two attached hydrogens (primary N) is 1. The van der Waals surface area contributed by atoms with Gasteiger partial charge in [-0.3, -0.25) is 0 Å². The minimum Gasteiger partial charge on any atom is -0.496 e. The molecule has 0 spiro atoms. The molecule has 0 aliphatic rings. The summed E-state index contributed by atoms with van der Waals surface area (Å²) in [6, 6.07) is 16.3. The maximum absolute atomic E-state index is 5.40. The fourth-order valence-corrected chi connectivity index (χ4v) is 2.63. The van der Waals surface area contributed by atoms with Gasteiger partial charge in [0, 0.05) is 16.2 Å². The summed E-state index contributed by atoms with van der Waals surface area (Å²) in [5.74, 6) is 6.88. The van der Waals surface area contributed by atoms with Crippen LogP contribution in [-0.4, -0.2) is 13.3 Å². The lowest BCUT2D eigenvalue weighted by Gasteiger charge is -2.09. The number of rotatable bonds is 5. The summed E-state index contributed by atoms with van der Waals surface area (Å²) in [4.78, 5) is 1.25. The zero-order chi connectivity index (χ0) is 13.5. The maximum Gasteiger partial charge on any atom is 0.123 e. The highest BCUT2D eigenvalue weighted by Crippen LogP contribution is 2.28. The van der Waals surface area contributed by atoms with Gasteiger partial charge in [-0.05, 0) is 23.8 Å². The molecule has 2 aromatic rings. The van der Waals surface area contributed by atoms with Crippen LogP contribution in [0.2, 0.25) is 0 Å². The molecule has 4 heteroatoms. The summed E-state index contributed by atoms with van der Waals surface area (Å²) in [7, 11) is 1.68. The molecule has 2 rings (SSSR count). The summed E-state index contributed by atoms with van der Waals surface area (Å²) < 4.78 is 5.40. The zero-order valence-corrected chi connectivity index (χ0v) is 11.6. The summed E-state index contributed by atoms with van der Waals surface area (Å²) in [6.45, 7) is 0. The van der Waals surface area contributed by atoms with E-state index in [1.165, 1.54) is 4.90 Å². The topological polar surface area (TPSA) is 47.6 Å². The van der Waals surface area contributed by atoms with Gasteiger partial charge in [-0.1, -0.05) is 30.3 Å². The zero-order valence-electron chi connectivity index (χ0n) is 10.7. The number of hydrogen-bond donors (Lipinski definition) is 1. The molecule has 0 aliphatic heterocycles. The molecule has 0 amide bonds. The van der Waals surface area contributed by atoms with Crippen molar-refractivity contribution in [1.29, 1.82) is 0 Å². The second kappa shape index (κ2) is 6.85. The lowest BCUT2D eigenvalue weighted by Crippen LogP contribution is -1.93. The molecule has 0 radical (unpaired) electrons. The second-order valence-corrected chi connectivity index (χ2v) is 5.00. The number of methoxy groups -OCH3 is 1. The highest BCUT2D eigenvalue weighted by molar-refractivity contribution is 7.98. The molecule has 3 nitrogen and oxygen atoms in total. The number of nitrogens with zero attached hydrogens (tertiary/aromatic N) is 1. The number of hydrogen-bond acceptors (Lipinski definition) is 4. The molecule has 0 heterocycles. The van der Waals surface area contributed by atoms with Gasteiger partial charge in [-0.15, -0.1) is 11.8 Å². The summed E-state index contributed by atoms with van der Waals surface area (Å²) in [5.41, 5.74) is 2.10. The predicted octanol–water partition coefficient (Wildman–Crippen LogP) is 3.28. The Hall–Kier alpha value is -1.94. The SMILES string of the molecule is COc1cc(C=NN)ccc1CSc1ccccc1. The molecule has 0 aliphatic carbocycles. The van der Waals surface area contributed by atoms with E-state index in [-0.39, 0.29) is 0 Å². The van der Waals surface area contributed by atoms with E-state index >= 15 is 0 Å². The Labute approximate surface area is 117 Å². The molecule has 0 atom stereocenters. The Morgan fingerprint density at radius 1 is 1.21 bits per heavy atom. The van der Waals surface area contributed by atoms with E-state index < -0.39 is 0 Å². The average Bonchev–Trinajstić information content (AvgIpc) is 2.47. The van der Waals surface area contributed by atoms with Crippen molar-refractivity contribution in [2.75, 3.05) is 7.11 Å². The highest BCUT2D eigenvalue weighted by atomic mass is 32.2. The Balaban J connectivity index is 2.11. The molecular weight excluding hydrogens is 256 g/mol. The van der Waals surface area contributed by atoms with Crippen LogP contribution < -0.4 is 10.6 Å². The van der Waals surface area contributed by atoms with Crippen LogP contribution in [0, 0.1) is 0 Å². The van der Waals surface area contributed by atoms with E-state index in [9.17, 15) is 0 Å². The smallest absolute Gasteiger partial charge is 0.123 e. The third-order valence-electron chi connectivity index (χ3n) is 2.67. The Morgan fingerprint density at radius 2 is 2.00 bits per heavy atom. The standard InChI is InChI=1S/C15H16N2OS/c1-18-15-9-12(10-17-16)7-8-13(15)11-19-14-5-3-2-4-6-14/h2-10H,11,16H2,1H3. The van der Waals surface area contributed by atoms with Crippen LogP contribution in [0.5, 0.6) is 5.75 Å². The first-order chi connectivity index (χ1) is 9.33. The first-order valence-corrected chi connectivity index (χ1v) is 6.90. The molecule has 2 N–H and O–H groups in total. The summed E-state index contributed by atoms with van der Waals surface area (Å²) in [5, 5.41) is 3.52. The van der Waals surface area contributed by atoms with Crippen LogP contribution in [0.15, 0.2) is 58.5 Å². The van der Waals surface area contributed by atoms with Crippen molar-refractivity contribution in [3.05, 3.63) is 59.7 Å². The van der Waals surface area contributed by atoms with E-state index in [2.05, 4.69) is 17.2 Å². The third kappa shape index (κ3) is 3.76. The fraction of sp³-hybridized carbons (Fsp3) is 0.133. The van der Waals surface area contributed by atoms with Gasteiger partial charge in [0.15, 0.2) is 0 Å². The van der Waals surface area contributed by atoms with Crippen molar-refractivity contribution >= 4 is 18.0 Å². The van der Waals surface area contributed by atoms with Crippen molar-refractivity contribution < 1.29 is 4.74 Å². The summed E-state index contributed by atoms with van der Waals surface area (Å²) in [6.07, 6.45) is 1.61. The average molecular weight is 272 g/mol. The first-order valence-electron chi connectivity index (χ1n) is 5.91. The van der Waals surface area contributed by atoms with Gasteiger partial charge >= 0.3 is 0 Å². The number of hydrazone groups is 1. The van der Waals surface area contributed by atoms with Gasteiger partial charge in [0.1, 0.15) is 5.75 Å². The van der Waals surface area contributed by atoms with Crippen molar-refractivity contribution in [3.63, 3.8) is 0 Å². The molecular formula is C15H16N2OS. The molecule has 0 bridgehead atoms. The molecule has 0 saturated heterocycles. The largest absolute Gasteiger partial charge is 0.496 e. The highest BCUT2D eigenvalue weighted by Gasteiger charge is 2.04. The lowest BCUT2D eigenvalue weighted by molar-refractivity contribution is 0.411. The molecule has 98 valence electrons. The van der Waals surface area contributed by atoms with Gasteiger partial charge in [-0.2, -0.15) is 5.10 Å². The van der Waals surface area contributed by atoms with E-state index in [0.717, 1.165) is 22.6 Å². The van der Waals surface area contributed by atoms with Crippen LogP contribution in [-0.2, 0) is 5.75 Å². The molecule has 0 aromatic heterocycles. The predicted molar refractivity (Wildman–Crippen MR) is 80.8 cm³/mol. The molecule has 0 fully saturated rings. The monoisotopic (exact) mass is 272 g/mol. The van der Waals surface area contributed by atoms with Gasteiger partial charge in [0.05, 0.1) is 13.3 Å². The normalized spacial score (nSPS) is 10.8. The van der Waals surface area contributed by atoms with E-state index in [4.69, 9.17) is 10.6 Å². The van der Waals surface area contributed by atoms with Crippen molar-refractivity contribution in [2.45, 2.75) is 10.6 Å². The van der Waals surface area contributed by atoms with Crippen LogP contribution in [0.1, 0.15) is 11.1 Å². The minimum atomic E-state index is 0.862. The van der Waals surface area contributed by atoms with Crippen LogP contribution in [0.25, 0.3) is 0 Å². The number of ether oxygens (including phenoxy) is 1.